The van der Waals surface area contributed by atoms with Gasteiger partial charge in [-0.25, -0.2) is 0 Å². The minimum absolute atomic E-state index is 0.280. The van der Waals surface area contributed by atoms with Crippen LogP contribution in [-0.2, 0) is 0 Å². The number of aliphatic hydroxyl groups is 1. The first kappa shape index (κ1) is 18.5. The molecule has 1 unspecified atom stereocenters. The second-order valence-corrected chi connectivity index (χ2v) is 6.85. The third kappa shape index (κ3) is 5.11. The summed E-state index contributed by atoms with van der Waals surface area (Å²) >= 11 is 0. The molecule has 0 saturated heterocycles. The molecule has 5 heteroatoms. The van der Waals surface area contributed by atoms with Gasteiger partial charge >= 0.3 is 0 Å². The fourth-order valence-corrected chi connectivity index (χ4v) is 3.56. The maximum atomic E-state index is 10.1. The van der Waals surface area contributed by atoms with Gasteiger partial charge in [0.25, 0.3) is 0 Å². The third-order valence-electron chi connectivity index (χ3n) is 4.98. The largest absolute Gasteiger partial charge is 0.467 e. The molecule has 1 aliphatic carbocycles. The third-order valence-corrected chi connectivity index (χ3v) is 4.98. The molecule has 1 saturated carbocycles. The number of nitrogens with zero attached hydrogens (tertiary/aromatic N) is 1. The molecule has 26 heavy (non-hydrogen) atoms. The zero-order chi connectivity index (χ0) is 18.2. The number of aliphatic imine (C=N–C) groups is 1. The average Bonchev–Trinajstić information content (AvgIpc) is 3.22. The van der Waals surface area contributed by atoms with Gasteiger partial charge in [0.05, 0.1) is 12.8 Å². The fraction of sp³-hybridized carbons (Fsp3) is 0.476. The highest BCUT2D eigenvalue weighted by Gasteiger charge is 2.23. The minimum Gasteiger partial charge on any atom is -0.467 e. The number of rotatable bonds is 6. The summed E-state index contributed by atoms with van der Waals surface area (Å²) in [6, 6.07) is 14.8. The number of nitrogens with one attached hydrogen (secondary N) is 2. The number of furan rings is 1. The van der Waals surface area contributed by atoms with E-state index >= 15 is 0 Å². The van der Waals surface area contributed by atoms with Crippen molar-refractivity contribution in [2.24, 2.45) is 4.99 Å². The molecule has 3 rings (SSSR count). The highest BCUT2D eigenvalue weighted by molar-refractivity contribution is 5.80. The van der Waals surface area contributed by atoms with Gasteiger partial charge in [0.2, 0.25) is 0 Å². The van der Waals surface area contributed by atoms with E-state index in [0.717, 1.165) is 25.3 Å². The lowest BCUT2D eigenvalue weighted by atomic mass is 9.82. The smallest absolute Gasteiger partial charge is 0.191 e. The van der Waals surface area contributed by atoms with Crippen LogP contribution in [0.2, 0.25) is 0 Å². The first-order valence-electron chi connectivity index (χ1n) is 9.57. The van der Waals surface area contributed by atoms with Crippen LogP contribution < -0.4 is 10.6 Å². The molecule has 1 aliphatic rings. The molecule has 0 spiro atoms. The first-order chi connectivity index (χ1) is 12.8. The van der Waals surface area contributed by atoms with Crippen molar-refractivity contribution in [3.63, 3.8) is 0 Å². The number of hydrogen-bond donors (Lipinski definition) is 3. The molecule has 0 amide bonds. The van der Waals surface area contributed by atoms with Crippen LogP contribution in [0.3, 0.4) is 0 Å². The van der Waals surface area contributed by atoms with Crippen molar-refractivity contribution in [1.29, 1.82) is 0 Å². The van der Waals surface area contributed by atoms with Crippen molar-refractivity contribution in [3.05, 3.63) is 60.1 Å². The molecular formula is C21H29N3O2. The molecule has 0 radical (unpaired) electrons. The molecule has 3 N–H and O–H groups in total. The van der Waals surface area contributed by atoms with E-state index in [-0.39, 0.29) is 6.54 Å². The van der Waals surface area contributed by atoms with Gasteiger partial charge in [-0.05, 0) is 56.2 Å². The zero-order valence-electron chi connectivity index (χ0n) is 15.4. The molecule has 0 aliphatic heterocycles. The molecule has 2 aromatic rings. The van der Waals surface area contributed by atoms with Crippen LogP contribution in [0.5, 0.6) is 0 Å². The molecule has 140 valence electrons. The van der Waals surface area contributed by atoms with E-state index in [9.17, 15) is 5.11 Å². The molecule has 1 atom stereocenters. The topological polar surface area (TPSA) is 69.8 Å². The van der Waals surface area contributed by atoms with Crippen LogP contribution in [-0.4, -0.2) is 30.2 Å². The standard InChI is InChI=1S/C21H29N3O2/c1-2-22-21(23-15-19(25)20-9-6-14-26-20)24-18-12-10-17(11-13-18)16-7-4-3-5-8-16/h3-9,14,17-19,25H,2,10-13,15H2,1H3,(H2,22,23,24). The zero-order valence-corrected chi connectivity index (χ0v) is 15.4. The van der Waals surface area contributed by atoms with Crippen molar-refractivity contribution in [1.82, 2.24) is 10.6 Å². The lowest BCUT2D eigenvalue weighted by Gasteiger charge is -2.30. The van der Waals surface area contributed by atoms with Crippen LogP contribution in [0.4, 0.5) is 0 Å². The Bertz CT molecular complexity index is 662. The molecule has 1 aromatic carbocycles. The number of benzene rings is 1. The van der Waals surface area contributed by atoms with Crippen molar-refractivity contribution in [2.75, 3.05) is 13.1 Å². The van der Waals surface area contributed by atoms with Crippen LogP contribution in [0.15, 0.2) is 58.1 Å². The van der Waals surface area contributed by atoms with Gasteiger partial charge in [0.15, 0.2) is 5.96 Å². The van der Waals surface area contributed by atoms with Gasteiger partial charge in [0.1, 0.15) is 11.9 Å². The Morgan fingerprint density at radius 1 is 1.15 bits per heavy atom. The monoisotopic (exact) mass is 355 g/mol. The molecule has 0 bridgehead atoms. The van der Waals surface area contributed by atoms with Crippen molar-refractivity contribution >= 4 is 5.96 Å². The number of aliphatic hydroxyl groups excluding tert-OH is 1. The second kappa shape index (κ2) is 9.43. The predicted molar refractivity (Wildman–Crippen MR) is 104 cm³/mol. The van der Waals surface area contributed by atoms with E-state index in [1.165, 1.54) is 18.4 Å². The van der Waals surface area contributed by atoms with Crippen LogP contribution >= 0.6 is 0 Å². The summed E-state index contributed by atoms with van der Waals surface area (Å²) in [6.45, 7) is 3.12. The Morgan fingerprint density at radius 2 is 1.92 bits per heavy atom. The molecule has 1 fully saturated rings. The quantitative estimate of drug-likeness (QED) is 0.547. The summed E-state index contributed by atoms with van der Waals surface area (Å²) in [5.74, 6) is 1.98. The van der Waals surface area contributed by atoms with Gasteiger partial charge in [-0.3, -0.25) is 4.99 Å². The molecule has 1 aromatic heterocycles. The Balaban J connectivity index is 1.51. The molecule has 1 heterocycles. The average molecular weight is 355 g/mol. The highest BCUT2D eigenvalue weighted by Crippen LogP contribution is 2.32. The van der Waals surface area contributed by atoms with Gasteiger partial charge in [-0.15, -0.1) is 0 Å². The SMILES string of the molecule is CCNC(=NCC(O)c1ccco1)NC1CCC(c2ccccc2)CC1. The van der Waals surface area contributed by atoms with Crippen molar-refractivity contribution in [3.8, 4) is 0 Å². The van der Waals surface area contributed by atoms with E-state index in [0.29, 0.717) is 17.7 Å². The Morgan fingerprint density at radius 3 is 2.58 bits per heavy atom. The summed E-state index contributed by atoms with van der Waals surface area (Å²) in [5.41, 5.74) is 1.45. The van der Waals surface area contributed by atoms with Crippen LogP contribution in [0.25, 0.3) is 0 Å². The summed E-state index contributed by atoms with van der Waals surface area (Å²) in [7, 11) is 0. The van der Waals surface area contributed by atoms with E-state index < -0.39 is 6.10 Å². The maximum absolute atomic E-state index is 10.1. The van der Waals surface area contributed by atoms with E-state index in [4.69, 9.17) is 4.42 Å². The summed E-state index contributed by atoms with van der Waals surface area (Å²) < 4.78 is 5.23. The normalized spacial score (nSPS) is 22.0. The molecule has 5 nitrogen and oxygen atoms in total. The lowest BCUT2D eigenvalue weighted by Crippen LogP contribution is -2.44. The second-order valence-electron chi connectivity index (χ2n) is 6.85. The van der Waals surface area contributed by atoms with Crippen LogP contribution in [0.1, 0.15) is 56.0 Å². The highest BCUT2D eigenvalue weighted by atomic mass is 16.4. The van der Waals surface area contributed by atoms with Crippen molar-refractivity contribution in [2.45, 2.75) is 50.7 Å². The van der Waals surface area contributed by atoms with E-state index in [2.05, 4.69) is 46.0 Å². The number of guanidine groups is 1. The minimum atomic E-state index is -0.714. The van der Waals surface area contributed by atoms with Gasteiger partial charge in [-0.1, -0.05) is 30.3 Å². The first-order valence-corrected chi connectivity index (χ1v) is 9.57. The van der Waals surface area contributed by atoms with Gasteiger partial charge in [0, 0.05) is 12.6 Å². The Labute approximate surface area is 155 Å². The predicted octanol–water partition coefficient (Wildman–Crippen LogP) is 3.59. The fourth-order valence-electron chi connectivity index (χ4n) is 3.56. The Hall–Kier alpha value is -2.27. The van der Waals surface area contributed by atoms with E-state index in [1.807, 2.05) is 6.92 Å². The van der Waals surface area contributed by atoms with E-state index in [1.54, 1.807) is 18.4 Å². The number of hydrogen-bond acceptors (Lipinski definition) is 3. The summed E-state index contributed by atoms with van der Waals surface area (Å²) in [6.07, 6.45) is 5.49. The lowest BCUT2D eigenvalue weighted by molar-refractivity contribution is 0.158. The van der Waals surface area contributed by atoms with Gasteiger partial charge < -0.3 is 20.2 Å². The summed E-state index contributed by atoms with van der Waals surface area (Å²) in [4.78, 5) is 4.53. The Kier molecular flexibility index (Phi) is 6.72. The van der Waals surface area contributed by atoms with Crippen molar-refractivity contribution < 1.29 is 9.52 Å². The molecular weight excluding hydrogens is 326 g/mol. The maximum Gasteiger partial charge on any atom is 0.191 e. The van der Waals surface area contributed by atoms with Gasteiger partial charge in [-0.2, -0.15) is 0 Å². The summed E-state index contributed by atoms with van der Waals surface area (Å²) in [5, 5.41) is 16.9. The van der Waals surface area contributed by atoms with Crippen LogP contribution in [0, 0.1) is 0 Å².